The van der Waals surface area contributed by atoms with Crippen molar-refractivity contribution in [3.63, 3.8) is 0 Å². The minimum atomic E-state index is 0.0522. The van der Waals surface area contributed by atoms with Crippen LogP contribution >= 0.6 is 22.7 Å². The standard InChI is InChI=1S/C23H25N3O2S2/c27-22(17-9-13-26(14-10-17)23(28)20-6-3-15-29-20)25-11-7-16(8-12-25)21-24-18-4-1-2-5-19(18)30-21/h1-6,15-17H,7-14H2. The van der Waals surface area contributed by atoms with Crippen molar-refractivity contribution in [2.45, 2.75) is 31.6 Å². The van der Waals surface area contributed by atoms with Crippen LogP contribution in [-0.4, -0.2) is 52.8 Å². The number of carbonyl (C=O) groups is 2. The molecule has 0 unspecified atom stereocenters. The smallest absolute Gasteiger partial charge is 0.263 e. The van der Waals surface area contributed by atoms with Crippen LogP contribution in [0.25, 0.3) is 10.2 Å². The molecule has 2 aliphatic rings. The molecule has 3 aromatic rings. The van der Waals surface area contributed by atoms with Gasteiger partial charge in [-0.2, -0.15) is 0 Å². The first-order valence-electron chi connectivity index (χ1n) is 10.7. The molecule has 2 aliphatic heterocycles. The van der Waals surface area contributed by atoms with Gasteiger partial charge in [0.2, 0.25) is 5.91 Å². The summed E-state index contributed by atoms with van der Waals surface area (Å²) in [4.78, 5) is 35.1. The third kappa shape index (κ3) is 3.88. The summed E-state index contributed by atoms with van der Waals surface area (Å²) in [6.07, 6.45) is 3.52. The number of para-hydroxylation sites is 1. The minimum Gasteiger partial charge on any atom is -0.342 e. The third-order valence-corrected chi connectivity index (χ3v) is 8.39. The lowest BCUT2D eigenvalue weighted by atomic mass is 9.92. The van der Waals surface area contributed by atoms with Gasteiger partial charge in [0.05, 0.1) is 20.1 Å². The zero-order chi connectivity index (χ0) is 20.5. The van der Waals surface area contributed by atoms with Crippen LogP contribution in [-0.2, 0) is 4.79 Å². The van der Waals surface area contributed by atoms with Crippen LogP contribution in [0, 0.1) is 5.92 Å². The van der Waals surface area contributed by atoms with Crippen molar-refractivity contribution in [3.05, 3.63) is 51.7 Å². The Balaban J connectivity index is 1.14. The second-order valence-corrected chi connectivity index (χ2v) is 10.2. The molecule has 1 aromatic carbocycles. The van der Waals surface area contributed by atoms with Gasteiger partial charge in [0.15, 0.2) is 0 Å². The maximum Gasteiger partial charge on any atom is 0.263 e. The molecule has 2 fully saturated rings. The largest absolute Gasteiger partial charge is 0.342 e. The lowest BCUT2D eigenvalue weighted by Crippen LogP contribution is -2.46. The number of nitrogens with zero attached hydrogens (tertiary/aromatic N) is 3. The first-order valence-corrected chi connectivity index (χ1v) is 12.4. The average molecular weight is 440 g/mol. The molecule has 0 spiro atoms. The molecular formula is C23H25N3O2S2. The summed E-state index contributed by atoms with van der Waals surface area (Å²) in [5.74, 6) is 0.890. The number of aromatic nitrogens is 1. The number of amides is 2. The van der Waals surface area contributed by atoms with E-state index >= 15 is 0 Å². The molecule has 0 saturated carbocycles. The van der Waals surface area contributed by atoms with Gasteiger partial charge in [-0.15, -0.1) is 22.7 Å². The first kappa shape index (κ1) is 19.7. The number of likely N-dealkylation sites (tertiary alicyclic amines) is 2. The van der Waals surface area contributed by atoms with Gasteiger partial charge >= 0.3 is 0 Å². The number of hydrogen-bond donors (Lipinski definition) is 0. The Hall–Kier alpha value is -2.25. The Kier molecular flexibility index (Phi) is 5.56. The van der Waals surface area contributed by atoms with E-state index in [1.807, 2.05) is 33.4 Å². The number of carbonyl (C=O) groups excluding carboxylic acids is 2. The lowest BCUT2D eigenvalue weighted by molar-refractivity contribution is -0.138. The Morgan fingerprint density at radius 2 is 1.63 bits per heavy atom. The highest BCUT2D eigenvalue weighted by Crippen LogP contribution is 2.34. The topological polar surface area (TPSA) is 53.5 Å². The van der Waals surface area contributed by atoms with Crippen LogP contribution < -0.4 is 0 Å². The number of fused-ring (bicyclic) bond motifs is 1. The van der Waals surface area contributed by atoms with Crippen LogP contribution in [0.3, 0.4) is 0 Å². The van der Waals surface area contributed by atoms with Crippen molar-refractivity contribution < 1.29 is 9.59 Å². The van der Waals surface area contributed by atoms with Crippen LogP contribution in [0.4, 0.5) is 0 Å². The Morgan fingerprint density at radius 3 is 2.33 bits per heavy atom. The highest BCUT2D eigenvalue weighted by molar-refractivity contribution is 7.18. The van der Waals surface area contributed by atoms with E-state index in [0.29, 0.717) is 19.0 Å². The summed E-state index contributed by atoms with van der Waals surface area (Å²) < 4.78 is 1.25. The molecule has 0 atom stereocenters. The zero-order valence-electron chi connectivity index (χ0n) is 16.8. The third-order valence-electron chi connectivity index (χ3n) is 6.33. The van der Waals surface area contributed by atoms with E-state index in [1.54, 1.807) is 11.3 Å². The SMILES string of the molecule is O=C(c1cccs1)N1CCC(C(=O)N2CCC(c3nc4ccccc4s3)CC2)CC1. The number of rotatable bonds is 3. The molecule has 5 nitrogen and oxygen atoms in total. The first-order chi connectivity index (χ1) is 14.7. The number of hydrogen-bond acceptors (Lipinski definition) is 5. The van der Waals surface area contributed by atoms with Crippen molar-refractivity contribution >= 4 is 44.7 Å². The normalized spacial score (nSPS) is 18.8. The van der Waals surface area contributed by atoms with Gasteiger partial charge < -0.3 is 9.80 Å². The van der Waals surface area contributed by atoms with Crippen LogP contribution in [0.2, 0.25) is 0 Å². The molecule has 0 aliphatic carbocycles. The van der Waals surface area contributed by atoms with Gasteiger partial charge in [0, 0.05) is 38.0 Å². The van der Waals surface area contributed by atoms with E-state index in [0.717, 1.165) is 49.2 Å². The fourth-order valence-electron chi connectivity index (χ4n) is 4.56. The van der Waals surface area contributed by atoms with Gasteiger partial charge in [-0.05, 0) is 49.3 Å². The second-order valence-electron chi connectivity index (χ2n) is 8.16. The predicted octanol–water partition coefficient (Wildman–Crippen LogP) is 4.62. The van der Waals surface area contributed by atoms with E-state index in [4.69, 9.17) is 4.98 Å². The van der Waals surface area contributed by atoms with Crippen LogP contribution in [0.5, 0.6) is 0 Å². The lowest BCUT2D eigenvalue weighted by Gasteiger charge is -2.37. The molecule has 0 N–H and O–H groups in total. The average Bonchev–Trinajstić information content (AvgIpc) is 3.48. The summed E-state index contributed by atoms with van der Waals surface area (Å²) in [5.41, 5.74) is 1.08. The molecular weight excluding hydrogens is 414 g/mol. The van der Waals surface area contributed by atoms with Gasteiger partial charge in [0.25, 0.3) is 5.91 Å². The number of benzene rings is 1. The summed E-state index contributed by atoms with van der Waals surface area (Å²) in [5, 5.41) is 3.14. The van der Waals surface area contributed by atoms with Crippen molar-refractivity contribution in [1.82, 2.24) is 14.8 Å². The molecule has 2 saturated heterocycles. The Morgan fingerprint density at radius 1 is 0.900 bits per heavy atom. The maximum absolute atomic E-state index is 13.1. The second kappa shape index (κ2) is 8.47. The molecule has 7 heteroatoms. The summed E-state index contributed by atoms with van der Waals surface area (Å²) in [7, 11) is 0. The molecule has 2 aromatic heterocycles. The highest BCUT2D eigenvalue weighted by atomic mass is 32.1. The Bertz CT molecular complexity index is 997. The summed E-state index contributed by atoms with van der Waals surface area (Å²) in [6.45, 7) is 2.98. The maximum atomic E-state index is 13.1. The van der Waals surface area contributed by atoms with E-state index in [9.17, 15) is 9.59 Å². The van der Waals surface area contributed by atoms with Crippen molar-refractivity contribution in [2.75, 3.05) is 26.2 Å². The molecule has 4 heterocycles. The molecule has 156 valence electrons. The minimum absolute atomic E-state index is 0.0522. The number of thiophene rings is 1. The van der Waals surface area contributed by atoms with Crippen molar-refractivity contribution in [2.24, 2.45) is 5.92 Å². The highest BCUT2D eigenvalue weighted by Gasteiger charge is 2.33. The molecule has 2 amide bonds. The Labute approximate surface area is 184 Å². The van der Waals surface area contributed by atoms with E-state index in [-0.39, 0.29) is 17.7 Å². The van der Waals surface area contributed by atoms with Gasteiger partial charge in [-0.1, -0.05) is 18.2 Å². The van der Waals surface area contributed by atoms with Gasteiger partial charge in [0.1, 0.15) is 0 Å². The zero-order valence-corrected chi connectivity index (χ0v) is 18.5. The number of piperidine rings is 2. The van der Waals surface area contributed by atoms with Crippen LogP contribution in [0.1, 0.15) is 46.3 Å². The summed E-state index contributed by atoms with van der Waals surface area (Å²) >= 11 is 3.28. The van der Waals surface area contributed by atoms with E-state index in [1.165, 1.54) is 21.0 Å². The van der Waals surface area contributed by atoms with Gasteiger partial charge in [-0.3, -0.25) is 9.59 Å². The number of thiazole rings is 1. The molecule has 5 rings (SSSR count). The predicted molar refractivity (Wildman–Crippen MR) is 121 cm³/mol. The fraction of sp³-hybridized carbons (Fsp3) is 0.435. The van der Waals surface area contributed by atoms with Crippen molar-refractivity contribution in [3.8, 4) is 0 Å². The summed E-state index contributed by atoms with van der Waals surface area (Å²) in [6, 6.07) is 12.1. The molecule has 30 heavy (non-hydrogen) atoms. The monoisotopic (exact) mass is 439 g/mol. The fourth-order valence-corrected chi connectivity index (χ4v) is 6.38. The molecule has 0 radical (unpaired) electrons. The quantitative estimate of drug-likeness (QED) is 0.599. The van der Waals surface area contributed by atoms with Crippen LogP contribution in [0.15, 0.2) is 41.8 Å². The van der Waals surface area contributed by atoms with Crippen molar-refractivity contribution in [1.29, 1.82) is 0 Å². The van der Waals surface area contributed by atoms with E-state index in [2.05, 4.69) is 18.2 Å². The van der Waals surface area contributed by atoms with Gasteiger partial charge in [-0.25, -0.2) is 4.98 Å². The molecule has 0 bridgehead atoms. The van der Waals surface area contributed by atoms with E-state index < -0.39 is 0 Å².